The van der Waals surface area contributed by atoms with Crippen LogP contribution in [-0.2, 0) is 4.74 Å². The average Bonchev–Trinajstić information content (AvgIpc) is 2.80. The molecule has 4 nitrogen and oxygen atoms in total. The summed E-state index contributed by atoms with van der Waals surface area (Å²) in [5.74, 6) is 1.46. The second-order valence-electron chi connectivity index (χ2n) is 3.82. The molecule has 4 heteroatoms. The number of rotatable bonds is 4. The van der Waals surface area contributed by atoms with Crippen molar-refractivity contribution in [2.45, 2.75) is 13.3 Å². The van der Waals surface area contributed by atoms with Crippen LogP contribution in [0.3, 0.4) is 0 Å². The van der Waals surface area contributed by atoms with Gasteiger partial charge in [0.25, 0.3) is 0 Å². The van der Waals surface area contributed by atoms with Gasteiger partial charge in [-0.2, -0.15) is 0 Å². The second kappa shape index (κ2) is 5.07. The van der Waals surface area contributed by atoms with Crippen molar-refractivity contribution >= 4 is 5.95 Å². The monoisotopic (exact) mass is 207 g/mol. The van der Waals surface area contributed by atoms with Crippen LogP contribution in [0.1, 0.15) is 13.3 Å². The van der Waals surface area contributed by atoms with Gasteiger partial charge in [-0.15, -0.1) is 0 Å². The van der Waals surface area contributed by atoms with Gasteiger partial charge in [0.1, 0.15) is 0 Å². The van der Waals surface area contributed by atoms with Crippen molar-refractivity contribution in [3.63, 3.8) is 0 Å². The summed E-state index contributed by atoms with van der Waals surface area (Å²) in [6.07, 6.45) is 4.73. The molecule has 15 heavy (non-hydrogen) atoms. The van der Waals surface area contributed by atoms with Crippen LogP contribution in [0.25, 0.3) is 0 Å². The smallest absolute Gasteiger partial charge is 0.225 e. The van der Waals surface area contributed by atoms with E-state index in [1.165, 1.54) is 0 Å². The molecule has 0 spiro atoms. The van der Waals surface area contributed by atoms with Gasteiger partial charge in [-0.1, -0.05) is 0 Å². The van der Waals surface area contributed by atoms with Gasteiger partial charge in [0.15, 0.2) is 0 Å². The summed E-state index contributed by atoms with van der Waals surface area (Å²) in [4.78, 5) is 10.7. The van der Waals surface area contributed by atoms with Crippen molar-refractivity contribution in [2.75, 3.05) is 31.2 Å². The van der Waals surface area contributed by atoms with E-state index in [1.807, 2.05) is 6.07 Å². The topological polar surface area (TPSA) is 38.2 Å². The van der Waals surface area contributed by atoms with Crippen LogP contribution >= 0.6 is 0 Å². The molecular weight excluding hydrogens is 190 g/mol. The Kier molecular flexibility index (Phi) is 3.50. The first-order chi connectivity index (χ1) is 7.40. The van der Waals surface area contributed by atoms with Crippen molar-refractivity contribution in [1.82, 2.24) is 9.97 Å². The van der Waals surface area contributed by atoms with E-state index in [0.29, 0.717) is 5.92 Å². The van der Waals surface area contributed by atoms with Crippen LogP contribution in [0.2, 0.25) is 0 Å². The normalized spacial score (nSPS) is 20.5. The Morgan fingerprint density at radius 3 is 2.87 bits per heavy atom. The Morgan fingerprint density at radius 2 is 2.27 bits per heavy atom. The summed E-state index contributed by atoms with van der Waals surface area (Å²) in [6, 6.07) is 1.84. The lowest BCUT2D eigenvalue weighted by Gasteiger charge is -2.23. The van der Waals surface area contributed by atoms with E-state index in [-0.39, 0.29) is 0 Å². The predicted molar refractivity (Wildman–Crippen MR) is 58.8 cm³/mol. The van der Waals surface area contributed by atoms with Crippen LogP contribution in [0.4, 0.5) is 5.95 Å². The van der Waals surface area contributed by atoms with Crippen molar-refractivity contribution in [2.24, 2.45) is 5.92 Å². The summed E-state index contributed by atoms with van der Waals surface area (Å²) in [5.41, 5.74) is 0. The third kappa shape index (κ3) is 2.65. The molecule has 1 aliphatic rings. The van der Waals surface area contributed by atoms with E-state index in [9.17, 15) is 0 Å². The fraction of sp³-hybridized carbons (Fsp3) is 0.636. The first kappa shape index (κ1) is 10.4. The van der Waals surface area contributed by atoms with Gasteiger partial charge in [-0.25, -0.2) is 9.97 Å². The Hall–Kier alpha value is -1.16. The van der Waals surface area contributed by atoms with E-state index < -0.39 is 0 Å². The Morgan fingerprint density at radius 1 is 1.47 bits per heavy atom. The van der Waals surface area contributed by atoms with Crippen LogP contribution in [0.5, 0.6) is 0 Å². The summed E-state index contributed by atoms with van der Waals surface area (Å²) in [5, 5.41) is 0. The molecule has 1 saturated heterocycles. The van der Waals surface area contributed by atoms with E-state index in [2.05, 4.69) is 21.8 Å². The molecule has 1 aliphatic heterocycles. The molecule has 0 aliphatic carbocycles. The minimum atomic E-state index is 0.633. The van der Waals surface area contributed by atoms with Crippen LogP contribution in [0.15, 0.2) is 18.5 Å². The Labute approximate surface area is 90.3 Å². The first-order valence-corrected chi connectivity index (χ1v) is 5.50. The van der Waals surface area contributed by atoms with Gasteiger partial charge in [-0.05, 0) is 19.4 Å². The number of aromatic nitrogens is 2. The fourth-order valence-corrected chi connectivity index (χ4v) is 1.85. The highest BCUT2D eigenvalue weighted by molar-refractivity contribution is 5.27. The maximum atomic E-state index is 5.37. The first-order valence-electron chi connectivity index (χ1n) is 5.50. The number of hydrogen-bond acceptors (Lipinski definition) is 4. The maximum absolute atomic E-state index is 5.37. The second-order valence-corrected chi connectivity index (χ2v) is 3.82. The lowest BCUT2D eigenvalue weighted by atomic mass is 10.1. The van der Waals surface area contributed by atoms with Crippen molar-refractivity contribution in [3.05, 3.63) is 18.5 Å². The standard InChI is InChI=1S/C11H17N3O/c1-2-14(8-10-4-7-15-9-10)11-12-5-3-6-13-11/h3,5-6,10H,2,4,7-9H2,1H3/t10-/m0/s1. The SMILES string of the molecule is CCN(C[C@@H]1CCOC1)c1ncccn1. The lowest BCUT2D eigenvalue weighted by molar-refractivity contribution is 0.186. The minimum absolute atomic E-state index is 0.633. The third-order valence-electron chi connectivity index (χ3n) is 2.72. The predicted octanol–water partition coefficient (Wildman–Crippen LogP) is 1.34. The zero-order valence-corrected chi connectivity index (χ0v) is 9.09. The zero-order chi connectivity index (χ0) is 10.5. The molecular formula is C11H17N3O. The van der Waals surface area contributed by atoms with E-state index >= 15 is 0 Å². The Bertz CT molecular complexity index is 285. The number of hydrogen-bond donors (Lipinski definition) is 0. The molecule has 0 amide bonds. The highest BCUT2D eigenvalue weighted by Crippen LogP contribution is 2.16. The van der Waals surface area contributed by atoms with Gasteiger partial charge in [-0.3, -0.25) is 0 Å². The van der Waals surface area contributed by atoms with Crippen molar-refractivity contribution in [3.8, 4) is 0 Å². The quantitative estimate of drug-likeness (QED) is 0.746. The summed E-state index contributed by atoms with van der Waals surface area (Å²) >= 11 is 0. The van der Waals surface area contributed by atoms with Crippen LogP contribution < -0.4 is 4.90 Å². The van der Waals surface area contributed by atoms with Crippen LogP contribution in [0, 0.1) is 5.92 Å². The molecule has 0 bridgehead atoms. The average molecular weight is 207 g/mol. The molecule has 0 aromatic carbocycles. The minimum Gasteiger partial charge on any atom is -0.381 e. The Balaban J connectivity index is 1.97. The van der Waals surface area contributed by atoms with E-state index in [0.717, 1.165) is 38.7 Å². The molecule has 82 valence electrons. The highest BCUT2D eigenvalue weighted by Gasteiger charge is 2.19. The molecule has 1 fully saturated rings. The molecule has 0 radical (unpaired) electrons. The molecule has 1 aromatic heterocycles. The highest BCUT2D eigenvalue weighted by atomic mass is 16.5. The summed E-state index contributed by atoms with van der Waals surface area (Å²) in [6.45, 7) is 5.86. The van der Waals surface area contributed by atoms with Gasteiger partial charge in [0.05, 0.1) is 6.61 Å². The molecule has 0 saturated carbocycles. The molecule has 2 rings (SSSR count). The molecule has 0 unspecified atom stereocenters. The van der Waals surface area contributed by atoms with Crippen molar-refractivity contribution < 1.29 is 4.74 Å². The van der Waals surface area contributed by atoms with Gasteiger partial charge < -0.3 is 9.64 Å². The van der Waals surface area contributed by atoms with Gasteiger partial charge in [0, 0.05) is 38.0 Å². The van der Waals surface area contributed by atoms with Crippen LogP contribution in [-0.4, -0.2) is 36.3 Å². The summed E-state index contributed by atoms with van der Waals surface area (Å²) in [7, 11) is 0. The molecule has 0 N–H and O–H groups in total. The largest absolute Gasteiger partial charge is 0.381 e. The third-order valence-corrected chi connectivity index (χ3v) is 2.72. The molecule has 1 aromatic rings. The maximum Gasteiger partial charge on any atom is 0.225 e. The van der Waals surface area contributed by atoms with Gasteiger partial charge in [0.2, 0.25) is 5.95 Å². The lowest BCUT2D eigenvalue weighted by Crippen LogP contribution is -2.30. The summed E-state index contributed by atoms with van der Waals surface area (Å²) < 4.78 is 5.37. The number of anilines is 1. The van der Waals surface area contributed by atoms with E-state index in [1.54, 1.807) is 12.4 Å². The zero-order valence-electron chi connectivity index (χ0n) is 9.09. The number of nitrogens with zero attached hydrogens (tertiary/aromatic N) is 3. The van der Waals surface area contributed by atoms with Gasteiger partial charge >= 0.3 is 0 Å². The van der Waals surface area contributed by atoms with E-state index in [4.69, 9.17) is 4.74 Å². The molecule has 1 atom stereocenters. The number of ether oxygens (including phenoxy) is 1. The molecule has 2 heterocycles. The fourth-order valence-electron chi connectivity index (χ4n) is 1.85. The van der Waals surface area contributed by atoms with Crippen molar-refractivity contribution in [1.29, 1.82) is 0 Å².